The lowest BCUT2D eigenvalue weighted by Gasteiger charge is -2.02. The van der Waals surface area contributed by atoms with Crippen molar-refractivity contribution in [3.63, 3.8) is 0 Å². The normalized spacial score (nSPS) is 12.8. The van der Waals surface area contributed by atoms with E-state index in [1.54, 1.807) is 0 Å². The first-order valence-electron chi connectivity index (χ1n) is 5.87. The second-order valence-corrected chi connectivity index (χ2v) is 4.02. The van der Waals surface area contributed by atoms with E-state index in [1.165, 1.54) is 5.56 Å². The van der Waals surface area contributed by atoms with E-state index in [9.17, 15) is 4.79 Å². The molecule has 1 aromatic carbocycles. The maximum atomic E-state index is 10.5. The Hall–Kier alpha value is -1.61. The van der Waals surface area contributed by atoms with Crippen LogP contribution in [0, 0.1) is 0 Å². The van der Waals surface area contributed by atoms with E-state index in [0.717, 1.165) is 12.0 Å². The summed E-state index contributed by atoms with van der Waals surface area (Å²) < 4.78 is 0. The molecular weight excluding hydrogens is 214 g/mol. The lowest BCUT2D eigenvalue weighted by Crippen LogP contribution is -2.29. The zero-order valence-electron chi connectivity index (χ0n) is 10.1. The summed E-state index contributed by atoms with van der Waals surface area (Å²) >= 11 is 0. The average molecular weight is 233 g/mol. The summed E-state index contributed by atoms with van der Waals surface area (Å²) in [6.45, 7) is 2.12. The Bertz CT molecular complexity index is 382. The van der Waals surface area contributed by atoms with Gasteiger partial charge >= 0.3 is 5.97 Å². The smallest absolute Gasteiger partial charge is 0.320 e. The molecule has 0 radical (unpaired) electrons. The molecule has 0 aliphatic rings. The van der Waals surface area contributed by atoms with Gasteiger partial charge in [0.2, 0.25) is 0 Å². The summed E-state index contributed by atoms with van der Waals surface area (Å²) in [6, 6.07) is 7.56. The predicted octanol–water partition coefficient (Wildman–Crippen LogP) is 2.45. The van der Waals surface area contributed by atoms with Crippen LogP contribution >= 0.6 is 0 Å². The molecule has 0 heterocycles. The summed E-state index contributed by atoms with van der Waals surface area (Å²) in [5, 5.41) is 8.61. The lowest BCUT2D eigenvalue weighted by atomic mass is 10.1. The van der Waals surface area contributed by atoms with Gasteiger partial charge in [0.05, 0.1) is 0 Å². The topological polar surface area (TPSA) is 63.3 Å². The summed E-state index contributed by atoms with van der Waals surface area (Å²) in [5.41, 5.74) is 7.85. The molecule has 17 heavy (non-hydrogen) atoms. The van der Waals surface area contributed by atoms with Crippen LogP contribution in [0.1, 0.15) is 30.9 Å². The van der Waals surface area contributed by atoms with Crippen LogP contribution in [0.2, 0.25) is 0 Å². The Morgan fingerprint density at radius 1 is 1.41 bits per heavy atom. The number of aryl methyl sites for hydroxylation is 1. The van der Waals surface area contributed by atoms with Crippen LogP contribution in [0.25, 0.3) is 6.08 Å². The minimum absolute atomic E-state index is 0.471. The van der Waals surface area contributed by atoms with Crippen molar-refractivity contribution in [2.45, 2.75) is 32.2 Å². The van der Waals surface area contributed by atoms with Crippen LogP contribution in [0.3, 0.4) is 0 Å². The molecule has 0 spiro atoms. The fourth-order valence-electron chi connectivity index (χ4n) is 1.48. The molecular formula is C14H19NO2. The number of aliphatic carboxylic acids is 1. The van der Waals surface area contributed by atoms with Gasteiger partial charge in [-0.25, -0.2) is 0 Å². The monoisotopic (exact) mass is 233 g/mol. The van der Waals surface area contributed by atoms with Gasteiger partial charge in [-0.15, -0.1) is 0 Å². The number of carboxylic acids is 1. The van der Waals surface area contributed by atoms with Crippen LogP contribution in [0.5, 0.6) is 0 Å². The van der Waals surface area contributed by atoms with Gasteiger partial charge in [-0.05, 0) is 30.4 Å². The zero-order valence-corrected chi connectivity index (χ0v) is 10.1. The molecule has 0 saturated heterocycles. The van der Waals surface area contributed by atoms with E-state index < -0.39 is 12.0 Å². The Labute approximate surface area is 102 Å². The number of nitrogens with two attached hydrogens (primary N) is 1. The van der Waals surface area contributed by atoms with Gasteiger partial charge in [0.25, 0.3) is 0 Å². The van der Waals surface area contributed by atoms with Crippen molar-refractivity contribution < 1.29 is 9.90 Å². The molecule has 1 atom stereocenters. The number of hydrogen-bond acceptors (Lipinski definition) is 2. The van der Waals surface area contributed by atoms with Crippen molar-refractivity contribution in [3.05, 3.63) is 41.5 Å². The summed E-state index contributed by atoms with van der Waals surface area (Å²) in [7, 11) is 0. The molecule has 0 amide bonds. The van der Waals surface area contributed by atoms with Crippen molar-refractivity contribution in [1.29, 1.82) is 0 Å². The average Bonchev–Trinajstić information content (AvgIpc) is 2.35. The second-order valence-electron chi connectivity index (χ2n) is 4.02. The van der Waals surface area contributed by atoms with Crippen LogP contribution in [-0.2, 0) is 11.2 Å². The second kappa shape index (κ2) is 6.86. The molecule has 3 heteroatoms. The molecule has 0 aromatic heterocycles. The largest absolute Gasteiger partial charge is 0.480 e. The van der Waals surface area contributed by atoms with Gasteiger partial charge in [0.1, 0.15) is 6.04 Å². The van der Waals surface area contributed by atoms with Gasteiger partial charge < -0.3 is 10.8 Å². The number of rotatable bonds is 6. The van der Waals surface area contributed by atoms with Gasteiger partial charge in [0.15, 0.2) is 0 Å². The van der Waals surface area contributed by atoms with E-state index in [2.05, 4.69) is 31.2 Å². The first kappa shape index (κ1) is 13.5. The van der Waals surface area contributed by atoms with E-state index in [1.807, 2.05) is 12.2 Å². The number of benzene rings is 1. The summed E-state index contributed by atoms with van der Waals surface area (Å²) in [5.74, 6) is -0.939. The Kier molecular flexibility index (Phi) is 5.43. The zero-order chi connectivity index (χ0) is 12.7. The molecule has 1 unspecified atom stereocenters. The third-order valence-electron chi connectivity index (χ3n) is 2.66. The van der Waals surface area contributed by atoms with Crippen molar-refractivity contribution in [3.8, 4) is 0 Å². The quantitative estimate of drug-likeness (QED) is 0.793. The third kappa shape index (κ3) is 4.83. The minimum Gasteiger partial charge on any atom is -0.480 e. The molecule has 0 saturated carbocycles. The highest BCUT2D eigenvalue weighted by Crippen LogP contribution is 2.08. The predicted molar refractivity (Wildman–Crippen MR) is 69.7 cm³/mol. The van der Waals surface area contributed by atoms with Crippen molar-refractivity contribution >= 4 is 12.0 Å². The van der Waals surface area contributed by atoms with Gasteiger partial charge in [-0.3, -0.25) is 4.79 Å². The van der Waals surface area contributed by atoms with E-state index in [-0.39, 0.29) is 0 Å². The molecule has 0 aliphatic carbocycles. The van der Waals surface area contributed by atoms with Crippen LogP contribution in [0.15, 0.2) is 30.3 Å². The van der Waals surface area contributed by atoms with E-state index in [0.29, 0.717) is 12.8 Å². The van der Waals surface area contributed by atoms with Gasteiger partial charge in [0, 0.05) is 0 Å². The molecule has 3 N–H and O–H groups in total. The highest BCUT2D eigenvalue weighted by Gasteiger charge is 2.08. The summed E-state index contributed by atoms with van der Waals surface area (Å²) in [6.07, 6.45) is 6.15. The molecule has 0 aliphatic heterocycles. The SMILES string of the molecule is CCc1ccc(/C=C/CCC(N)C(=O)O)cc1. The fourth-order valence-corrected chi connectivity index (χ4v) is 1.48. The van der Waals surface area contributed by atoms with Crippen molar-refractivity contribution in [2.24, 2.45) is 5.73 Å². The Morgan fingerprint density at radius 3 is 2.59 bits per heavy atom. The standard InChI is InChI=1S/C14H19NO2/c1-2-11-7-9-12(10-8-11)5-3-4-6-13(15)14(16)17/h3,5,7-10,13H,2,4,6,15H2,1H3,(H,16,17)/b5-3+. The van der Waals surface area contributed by atoms with Crippen LogP contribution in [0.4, 0.5) is 0 Å². The summed E-state index contributed by atoms with van der Waals surface area (Å²) in [4.78, 5) is 10.5. The minimum atomic E-state index is -0.939. The lowest BCUT2D eigenvalue weighted by molar-refractivity contribution is -0.138. The number of hydrogen-bond donors (Lipinski definition) is 2. The number of carbonyl (C=O) groups is 1. The molecule has 1 aromatic rings. The van der Waals surface area contributed by atoms with Crippen molar-refractivity contribution in [1.82, 2.24) is 0 Å². The molecule has 92 valence electrons. The number of carboxylic acid groups (broad SMARTS) is 1. The molecule has 0 fully saturated rings. The fraction of sp³-hybridized carbons (Fsp3) is 0.357. The van der Waals surface area contributed by atoms with Gasteiger partial charge in [-0.2, -0.15) is 0 Å². The van der Waals surface area contributed by atoms with E-state index in [4.69, 9.17) is 10.8 Å². The first-order valence-corrected chi connectivity index (χ1v) is 5.87. The highest BCUT2D eigenvalue weighted by molar-refractivity contribution is 5.73. The maximum Gasteiger partial charge on any atom is 0.320 e. The maximum absolute atomic E-state index is 10.5. The third-order valence-corrected chi connectivity index (χ3v) is 2.66. The molecule has 0 bridgehead atoms. The number of allylic oxidation sites excluding steroid dienone is 1. The highest BCUT2D eigenvalue weighted by atomic mass is 16.4. The Balaban J connectivity index is 2.40. The van der Waals surface area contributed by atoms with Crippen LogP contribution < -0.4 is 5.73 Å². The molecule has 3 nitrogen and oxygen atoms in total. The Morgan fingerprint density at radius 2 is 2.06 bits per heavy atom. The van der Waals surface area contributed by atoms with E-state index >= 15 is 0 Å². The van der Waals surface area contributed by atoms with Crippen LogP contribution in [-0.4, -0.2) is 17.1 Å². The van der Waals surface area contributed by atoms with Crippen molar-refractivity contribution in [2.75, 3.05) is 0 Å². The molecule has 1 rings (SSSR count). The van der Waals surface area contributed by atoms with Gasteiger partial charge in [-0.1, -0.05) is 43.3 Å². The first-order chi connectivity index (χ1) is 8.13.